The molecule has 0 heterocycles. The van der Waals surface area contributed by atoms with Crippen LogP contribution in [0.1, 0.15) is 35.2 Å². The molecule has 0 spiro atoms. The summed E-state index contributed by atoms with van der Waals surface area (Å²) in [5, 5.41) is 6.13. The number of nitrogens with one attached hydrogen (secondary N) is 2. The Hall–Kier alpha value is -1.51. The van der Waals surface area contributed by atoms with Gasteiger partial charge in [0.15, 0.2) is 0 Å². The molecule has 2 N–H and O–H groups in total. The van der Waals surface area contributed by atoms with Crippen molar-refractivity contribution in [2.45, 2.75) is 32.2 Å². The zero-order valence-corrected chi connectivity index (χ0v) is 9.84. The minimum absolute atomic E-state index is 0.0513. The molecule has 0 saturated heterocycles. The molecule has 86 valence electrons. The van der Waals surface area contributed by atoms with Crippen molar-refractivity contribution in [3.8, 4) is 0 Å². The lowest BCUT2D eigenvalue weighted by Crippen LogP contribution is -2.39. The quantitative estimate of drug-likeness (QED) is 0.817. The lowest BCUT2D eigenvalue weighted by molar-refractivity contribution is 0.0917. The van der Waals surface area contributed by atoms with Crippen molar-refractivity contribution in [2.75, 3.05) is 12.4 Å². The number of hydrogen-bond donors (Lipinski definition) is 2. The number of rotatable bonds is 3. The van der Waals surface area contributed by atoms with Crippen LogP contribution in [0.5, 0.6) is 0 Å². The number of aryl methyl sites for hydroxylation is 1. The predicted octanol–water partition coefficient (Wildman–Crippen LogP) is 2.32. The zero-order chi connectivity index (χ0) is 11.5. The van der Waals surface area contributed by atoms with Gasteiger partial charge >= 0.3 is 0 Å². The third-order valence-corrected chi connectivity index (χ3v) is 3.20. The van der Waals surface area contributed by atoms with Gasteiger partial charge in [0, 0.05) is 24.3 Å². The smallest absolute Gasteiger partial charge is 0.251 e. The van der Waals surface area contributed by atoms with Crippen LogP contribution in [0.4, 0.5) is 5.69 Å². The van der Waals surface area contributed by atoms with E-state index in [0.29, 0.717) is 6.04 Å². The molecule has 1 aliphatic carbocycles. The maximum Gasteiger partial charge on any atom is 0.251 e. The first kappa shape index (κ1) is 11.0. The van der Waals surface area contributed by atoms with Crippen molar-refractivity contribution >= 4 is 11.6 Å². The highest BCUT2D eigenvalue weighted by atomic mass is 16.1. The Morgan fingerprint density at radius 2 is 2.12 bits per heavy atom. The van der Waals surface area contributed by atoms with Crippen LogP contribution in [-0.4, -0.2) is 19.0 Å². The lowest BCUT2D eigenvalue weighted by atomic mass is 9.93. The van der Waals surface area contributed by atoms with E-state index in [-0.39, 0.29) is 5.91 Å². The van der Waals surface area contributed by atoms with Gasteiger partial charge in [0.05, 0.1) is 0 Å². The van der Waals surface area contributed by atoms with Crippen LogP contribution >= 0.6 is 0 Å². The molecule has 3 nitrogen and oxygen atoms in total. The van der Waals surface area contributed by atoms with E-state index < -0.39 is 0 Å². The molecule has 3 heteroatoms. The van der Waals surface area contributed by atoms with E-state index in [9.17, 15) is 4.79 Å². The zero-order valence-electron chi connectivity index (χ0n) is 9.84. The number of anilines is 1. The van der Waals surface area contributed by atoms with Crippen LogP contribution in [0, 0.1) is 6.92 Å². The molecule has 0 aliphatic heterocycles. The minimum atomic E-state index is 0.0513. The second-order valence-electron chi connectivity index (χ2n) is 4.38. The average molecular weight is 218 g/mol. The molecule has 0 atom stereocenters. The topological polar surface area (TPSA) is 41.1 Å². The minimum Gasteiger partial charge on any atom is -0.388 e. The van der Waals surface area contributed by atoms with E-state index >= 15 is 0 Å². The number of benzene rings is 1. The van der Waals surface area contributed by atoms with E-state index in [0.717, 1.165) is 29.7 Å². The third kappa shape index (κ3) is 2.18. The Balaban J connectivity index is 2.07. The summed E-state index contributed by atoms with van der Waals surface area (Å²) in [5.41, 5.74) is 2.92. The number of hydrogen-bond acceptors (Lipinski definition) is 2. The van der Waals surface area contributed by atoms with Gasteiger partial charge in [-0.25, -0.2) is 0 Å². The fourth-order valence-electron chi connectivity index (χ4n) is 1.91. The molecule has 0 bridgehead atoms. The van der Waals surface area contributed by atoms with Gasteiger partial charge in [-0.2, -0.15) is 0 Å². The van der Waals surface area contributed by atoms with Crippen LogP contribution in [-0.2, 0) is 0 Å². The van der Waals surface area contributed by atoms with Crippen LogP contribution in [0.3, 0.4) is 0 Å². The van der Waals surface area contributed by atoms with E-state index in [1.54, 1.807) is 0 Å². The van der Waals surface area contributed by atoms with Gasteiger partial charge in [-0.15, -0.1) is 0 Å². The number of carbonyl (C=O) groups excluding carboxylic acids is 1. The summed E-state index contributed by atoms with van der Waals surface area (Å²) in [6.45, 7) is 2.01. The summed E-state index contributed by atoms with van der Waals surface area (Å²) >= 11 is 0. The molecule has 1 saturated carbocycles. The molecule has 1 aromatic rings. The van der Waals surface area contributed by atoms with Crippen molar-refractivity contribution < 1.29 is 4.79 Å². The van der Waals surface area contributed by atoms with Crippen molar-refractivity contribution in [2.24, 2.45) is 0 Å². The predicted molar refractivity (Wildman–Crippen MR) is 65.8 cm³/mol. The van der Waals surface area contributed by atoms with Gasteiger partial charge in [0.1, 0.15) is 0 Å². The maximum atomic E-state index is 11.9. The maximum absolute atomic E-state index is 11.9. The molecule has 1 aliphatic rings. The highest BCUT2D eigenvalue weighted by Gasteiger charge is 2.20. The van der Waals surface area contributed by atoms with E-state index in [1.807, 2.05) is 32.2 Å². The average Bonchev–Trinajstić information content (AvgIpc) is 2.23. The van der Waals surface area contributed by atoms with E-state index in [1.165, 1.54) is 6.42 Å². The second kappa shape index (κ2) is 4.56. The highest BCUT2D eigenvalue weighted by Crippen LogP contribution is 2.20. The molecule has 1 aromatic carbocycles. The van der Waals surface area contributed by atoms with E-state index in [4.69, 9.17) is 0 Å². The van der Waals surface area contributed by atoms with Crippen LogP contribution < -0.4 is 10.6 Å². The molecular weight excluding hydrogens is 200 g/mol. The van der Waals surface area contributed by atoms with Crippen molar-refractivity contribution in [3.05, 3.63) is 29.3 Å². The van der Waals surface area contributed by atoms with Gasteiger partial charge in [0.25, 0.3) is 5.91 Å². The Bertz CT molecular complexity index is 397. The van der Waals surface area contributed by atoms with Crippen LogP contribution in [0.15, 0.2) is 18.2 Å². The van der Waals surface area contributed by atoms with Crippen molar-refractivity contribution in [3.63, 3.8) is 0 Å². The van der Waals surface area contributed by atoms with Crippen LogP contribution in [0.25, 0.3) is 0 Å². The largest absolute Gasteiger partial charge is 0.388 e. The Labute approximate surface area is 96.2 Å². The summed E-state index contributed by atoms with van der Waals surface area (Å²) in [4.78, 5) is 11.9. The SMILES string of the molecule is CNc1ccc(C(=O)NC2CCC2)cc1C. The molecule has 0 unspecified atom stereocenters. The van der Waals surface area contributed by atoms with Gasteiger partial charge < -0.3 is 10.6 Å². The third-order valence-electron chi connectivity index (χ3n) is 3.20. The first-order chi connectivity index (χ1) is 7.70. The molecule has 16 heavy (non-hydrogen) atoms. The van der Waals surface area contributed by atoms with Gasteiger partial charge in [-0.3, -0.25) is 4.79 Å². The summed E-state index contributed by atoms with van der Waals surface area (Å²) in [6.07, 6.45) is 3.49. The van der Waals surface area contributed by atoms with Gasteiger partial charge in [-0.1, -0.05) is 0 Å². The summed E-state index contributed by atoms with van der Waals surface area (Å²) in [7, 11) is 1.89. The van der Waals surface area contributed by atoms with Crippen molar-refractivity contribution in [1.29, 1.82) is 0 Å². The van der Waals surface area contributed by atoms with Gasteiger partial charge in [0.2, 0.25) is 0 Å². The Morgan fingerprint density at radius 3 is 2.62 bits per heavy atom. The van der Waals surface area contributed by atoms with Crippen molar-refractivity contribution in [1.82, 2.24) is 5.32 Å². The molecule has 1 amide bonds. The van der Waals surface area contributed by atoms with E-state index in [2.05, 4.69) is 10.6 Å². The molecule has 1 fully saturated rings. The second-order valence-corrected chi connectivity index (χ2v) is 4.38. The molecule has 0 radical (unpaired) electrons. The summed E-state index contributed by atoms with van der Waals surface area (Å²) in [6, 6.07) is 6.15. The first-order valence-electron chi connectivity index (χ1n) is 5.80. The first-order valence-corrected chi connectivity index (χ1v) is 5.80. The fraction of sp³-hybridized carbons (Fsp3) is 0.462. The monoisotopic (exact) mass is 218 g/mol. The summed E-state index contributed by atoms with van der Waals surface area (Å²) < 4.78 is 0. The standard InChI is InChI=1S/C13H18N2O/c1-9-8-10(6-7-12(9)14-2)13(16)15-11-4-3-5-11/h6-8,11,14H,3-5H2,1-2H3,(H,15,16). The Kier molecular flexibility index (Phi) is 3.13. The van der Waals surface area contributed by atoms with Crippen LogP contribution in [0.2, 0.25) is 0 Å². The molecule has 0 aromatic heterocycles. The molecule has 2 rings (SSSR count). The lowest BCUT2D eigenvalue weighted by Gasteiger charge is -2.26. The van der Waals surface area contributed by atoms with Gasteiger partial charge in [-0.05, 0) is 49.9 Å². The summed E-state index contributed by atoms with van der Waals surface area (Å²) in [5.74, 6) is 0.0513. The molecular formula is C13H18N2O. The highest BCUT2D eigenvalue weighted by molar-refractivity contribution is 5.95. The fourth-order valence-corrected chi connectivity index (χ4v) is 1.91. The Morgan fingerprint density at radius 1 is 1.38 bits per heavy atom. The number of amides is 1. The normalized spacial score (nSPS) is 15.4. The number of carbonyl (C=O) groups is 1.